The largest absolute Gasteiger partial charge is 0.132 e. The lowest BCUT2D eigenvalue weighted by Gasteiger charge is -2.03. The molecule has 1 heteroatoms. The van der Waals surface area contributed by atoms with Crippen molar-refractivity contribution >= 4 is 8.07 Å². The third kappa shape index (κ3) is 12.8. The van der Waals surface area contributed by atoms with Gasteiger partial charge in [0.05, 0.1) is 0 Å². The molecule has 0 radical (unpaired) electrons. The normalized spacial score (nSPS) is 10.4. The Bertz CT molecular complexity index is 529. The van der Waals surface area contributed by atoms with Gasteiger partial charge in [-0.2, -0.15) is 0 Å². The van der Waals surface area contributed by atoms with Gasteiger partial charge in [-0.15, -0.1) is 11.5 Å². The molecule has 0 aliphatic rings. The molecular formula is C22H32Si. The molecule has 0 amide bonds. The highest BCUT2D eigenvalue weighted by molar-refractivity contribution is 6.83. The first kappa shape index (κ1) is 19.6. The first-order valence-corrected chi connectivity index (χ1v) is 12.6. The van der Waals surface area contributed by atoms with Crippen LogP contribution in [-0.2, 0) is 0 Å². The van der Waals surface area contributed by atoms with Crippen LogP contribution in [0, 0.1) is 23.3 Å². The maximum atomic E-state index is 3.44. The van der Waals surface area contributed by atoms with E-state index in [0.29, 0.717) is 0 Å². The van der Waals surface area contributed by atoms with Crippen molar-refractivity contribution in [1.29, 1.82) is 0 Å². The van der Waals surface area contributed by atoms with E-state index in [0.717, 1.165) is 18.4 Å². The quantitative estimate of drug-likeness (QED) is 0.293. The molecule has 1 aromatic carbocycles. The fraction of sp³-hybridized carbons (Fsp3) is 0.545. The van der Waals surface area contributed by atoms with Gasteiger partial charge in [0.2, 0.25) is 0 Å². The van der Waals surface area contributed by atoms with Gasteiger partial charge >= 0.3 is 0 Å². The highest BCUT2D eigenvalue weighted by Gasteiger charge is 2.06. The van der Waals surface area contributed by atoms with Gasteiger partial charge in [-0.05, 0) is 25.0 Å². The Morgan fingerprint density at radius 2 is 1.22 bits per heavy atom. The highest BCUT2D eigenvalue weighted by Crippen LogP contribution is 2.09. The predicted octanol–water partition coefficient (Wildman–Crippen LogP) is 6.43. The van der Waals surface area contributed by atoms with E-state index in [1.54, 1.807) is 0 Å². The predicted molar refractivity (Wildman–Crippen MR) is 106 cm³/mol. The van der Waals surface area contributed by atoms with E-state index in [9.17, 15) is 0 Å². The summed E-state index contributed by atoms with van der Waals surface area (Å²) >= 11 is 0. The third-order valence-electron chi connectivity index (χ3n) is 3.57. The van der Waals surface area contributed by atoms with Gasteiger partial charge in [-0.1, -0.05) is 81.8 Å². The Balaban J connectivity index is 1.90. The Hall–Kier alpha value is -1.44. The summed E-state index contributed by atoms with van der Waals surface area (Å²) in [6.07, 6.45) is 11.4. The minimum atomic E-state index is -1.15. The van der Waals surface area contributed by atoms with E-state index in [4.69, 9.17) is 0 Å². The number of hydrogen-bond acceptors (Lipinski definition) is 0. The van der Waals surface area contributed by atoms with Crippen molar-refractivity contribution in [3.8, 4) is 23.3 Å². The second-order valence-electron chi connectivity index (χ2n) is 7.19. The summed E-state index contributed by atoms with van der Waals surface area (Å²) in [5.74, 6) is 9.86. The van der Waals surface area contributed by atoms with E-state index >= 15 is 0 Å². The van der Waals surface area contributed by atoms with Crippen molar-refractivity contribution in [2.45, 2.75) is 77.4 Å². The van der Waals surface area contributed by atoms with Crippen molar-refractivity contribution in [1.82, 2.24) is 0 Å². The molecule has 1 aromatic rings. The van der Waals surface area contributed by atoms with Crippen LogP contribution in [0.5, 0.6) is 0 Å². The van der Waals surface area contributed by atoms with Crippen LogP contribution in [0.15, 0.2) is 30.3 Å². The molecule has 0 bridgehead atoms. The van der Waals surface area contributed by atoms with Gasteiger partial charge in [0.15, 0.2) is 0 Å². The van der Waals surface area contributed by atoms with Gasteiger partial charge in [0.25, 0.3) is 0 Å². The molecular weight excluding hydrogens is 292 g/mol. The summed E-state index contributed by atoms with van der Waals surface area (Å²) in [6.45, 7) is 6.93. The number of rotatable bonds is 8. The van der Waals surface area contributed by atoms with Crippen LogP contribution in [0.3, 0.4) is 0 Å². The van der Waals surface area contributed by atoms with Crippen molar-refractivity contribution in [3.05, 3.63) is 35.9 Å². The molecule has 0 aliphatic carbocycles. The molecule has 0 nitrogen and oxygen atoms in total. The van der Waals surface area contributed by atoms with Gasteiger partial charge < -0.3 is 0 Å². The van der Waals surface area contributed by atoms with Crippen LogP contribution in [0.1, 0.15) is 63.4 Å². The lowest BCUT2D eigenvalue weighted by Crippen LogP contribution is -2.16. The Morgan fingerprint density at radius 1 is 0.696 bits per heavy atom. The molecule has 0 aliphatic heterocycles. The van der Waals surface area contributed by atoms with Crippen LogP contribution in [-0.4, -0.2) is 8.07 Å². The van der Waals surface area contributed by atoms with Crippen LogP contribution in [0.25, 0.3) is 0 Å². The molecule has 23 heavy (non-hydrogen) atoms. The van der Waals surface area contributed by atoms with Gasteiger partial charge in [-0.3, -0.25) is 0 Å². The minimum Gasteiger partial charge on any atom is -0.132 e. The van der Waals surface area contributed by atoms with E-state index in [-0.39, 0.29) is 0 Å². The molecule has 0 fully saturated rings. The van der Waals surface area contributed by atoms with Crippen molar-refractivity contribution < 1.29 is 0 Å². The lowest BCUT2D eigenvalue weighted by molar-refractivity contribution is 0.587. The Labute approximate surface area is 145 Å². The van der Waals surface area contributed by atoms with Gasteiger partial charge in [0, 0.05) is 18.4 Å². The maximum Gasteiger partial charge on any atom is 0.129 e. The van der Waals surface area contributed by atoms with Crippen LogP contribution in [0.4, 0.5) is 0 Å². The fourth-order valence-electron chi connectivity index (χ4n) is 2.32. The summed E-state index contributed by atoms with van der Waals surface area (Å²) in [5.41, 5.74) is 4.57. The summed E-state index contributed by atoms with van der Waals surface area (Å²) in [4.78, 5) is 0. The van der Waals surface area contributed by atoms with Crippen molar-refractivity contribution in [2.75, 3.05) is 0 Å². The molecule has 0 saturated carbocycles. The average Bonchev–Trinajstić information content (AvgIpc) is 2.52. The third-order valence-corrected chi connectivity index (χ3v) is 4.50. The molecule has 124 valence electrons. The minimum absolute atomic E-state index is 1.03. The summed E-state index contributed by atoms with van der Waals surface area (Å²) < 4.78 is 0. The van der Waals surface area contributed by atoms with E-state index in [2.05, 4.69) is 55.1 Å². The summed E-state index contributed by atoms with van der Waals surface area (Å²) in [7, 11) is -1.15. The standard InChI is InChI=1S/C22H32Si/c1-23(2,3)21-17-12-10-8-6-4-5-7-9-11-14-18-22-19-15-13-16-20-22/h13,15-16,19-20H,4-12H2,1-3H3. The Morgan fingerprint density at radius 3 is 1.78 bits per heavy atom. The zero-order valence-corrected chi connectivity index (χ0v) is 16.3. The molecule has 0 saturated heterocycles. The lowest BCUT2D eigenvalue weighted by atomic mass is 10.1. The number of hydrogen-bond donors (Lipinski definition) is 0. The smallest absolute Gasteiger partial charge is 0.129 e. The number of unbranched alkanes of at least 4 members (excludes halogenated alkanes) is 8. The molecule has 0 unspecified atom stereocenters. The second-order valence-corrected chi connectivity index (χ2v) is 11.9. The van der Waals surface area contributed by atoms with Gasteiger partial charge in [0.1, 0.15) is 8.07 Å². The number of benzene rings is 1. The fourth-order valence-corrected chi connectivity index (χ4v) is 2.98. The molecule has 0 heterocycles. The zero-order chi connectivity index (χ0) is 16.8. The Kier molecular flexibility index (Phi) is 10.3. The monoisotopic (exact) mass is 324 g/mol. The summed E-state index contributed by atoms with van der Waals surface area (Å²) in [5, 5.41) is 0. The molecule has 0 N–H and O–H groups in total. The van der Waals surface area contributed by atoms with Crippen molar-refractivity contribution in [3.63, 3.8) is 0 Å². The first-order valence-electron chi connectivity index (χ1n) is 9.12. The molecule has 0 aromatic heterocycles. The molecule has 0 spiro atoms. The van der Waals surface area contributed by atoms with Gasteiger partial charge in [-0.25, -0.2) is 0 Å². The van der Waals surface area contributed by atoms with E-state index in [1.165, 1.54) is 44.9 Å². The average molecular weight is 325 g/mol. The van der Waals surface area contributed by atoms with Crippen LogP contribution < -0.4 is 0 Å². The van der Waals surface area contributed by atoms with Crippen LogP contribution >= 0.6 is 0 Å². The van der Waals surface area contributed by atoms with Crippen molar-refractivity contribution in [2.24, 2.45) is 0 Å². The maximum absolute atomic E-state index is 3.44. The molecule has 1 rings (SSSR count). The molecule has 0 atom stereocenters. The topological polar surface area (TPSA) is 0 Å². The van der Waals surface area contributed by atoms with Crippen LogP contribution in [0.2, 0.25) is 19.6 Å². The SMILES string of the molecule is C[Si](C)(C)C#CCCCCCCCCCC#Cc1ccccc1. The van der Waals surface area contributed by atoms with E-state index in [1.807, 2.05) is 18.2 Å². The second kappa shape index (κ2) is 12.0. The highest BCUT2D eigenvalue weighted by atomic mass is 28.3. The van der Waals surface area contributed by atoms with E-state index < -0.39 is 8.07 Å². The summed E-state index contributed by atoms with van der Waals surface area (Å²) in [6, 6.07) is 10.3. The first-order chi connectivity index (χ1) is 11.1. The zero-order valence-electron chi connectivity index (χ0n) is 15.3.